The van der Waals surface area contributed by atoms with E-state index in [9.17, 15) is 9.18 Å². The van der Waals surface area contributed by atoms with E-state index >= 15 is 0 Å². The monoisotopic (exact) mass is 299 g/mol. The molecular weight excluding hydrogens is 281 g/mol. The summed E-state index contributed by atoms with van der Waals surface area (Å²) < 4.78 is 13.2. The Bertz CT molecular complexity index is 639. The average molecular weight is 299 g/mol. The first-order chi connectivity index (χ1) is 10.7. The quantitative estimate of drug-likeness (QED) is 0.871. The summed E-state index contributed by atoms with van der Waals surface area (Å²) in [5, 5.41) is 0. The van der Waals surface area contributed by atoms with E-state index in [1.165, 1.54) is 17.7 Å². The highest BCUT2D eigenvalue weighted by Gasteiger charge is 2.22. The highest BCUT2D eigenvalue weighted by atomic mass is 19.1. The molecule has 4 nitrogen and oxygen atoms in total. The molecule has 2 aromatic rings. The maximum absolute atomic E-state index is 13.2. The van der Waals surface area contributed by atoms with Gasteiger partial charge in [0.05, 0.1) is 0 Å². The largest absolute Gasteiger partial charge is 0.336 e. The number of benzene rings is 1. The number of hydrogen-bond acceptors (Lipinski definition) is 3. The van der Waals surface area contributed by atoms with Crippen LogP contribution in [-0.2, 0) is 6.54 Å². The Balaban J connectivity index is 1.56. The van der Waals surface area contributed by atoms with Crippen molar-refractivity contribution in [1.29, 1.82) is 0 Å². The van der Waals surface area contributed by atoms with Gasteiger partial charge in [-0.15, -0.1) is 0 Å². The first kappa shape index (κ1) is 14.7. The Morgan fingerprint density at radius 1 is 1.14 bits per heavy atom. The minimum Gasteiger partial charge on any atom is -0.336 e. The summed E-state index contributed by atoms with van der Waals surface area (Å²) in [6.07, 6.45) is 3.63. The molecule has 1 aromatic carbocycles. The van der Waals surface area contributed by atoms with E-state index in [-0.39, 0.29) is 11.7 Å². The molecule has 1 aliphatic rings. The molecular formula is C17H18FN3O. The van der Waals surface area contributed by atoms with Gasteiger partial charge >= 0.3 is 0 Å². The minimum atomic E-state index is -0.374. The first-order valence-electron chi connectivity index (χ1n) is 7.38. The van der Waals surface area contributed by atoms with Crippen molar-refractivity contribution in [3.63, 3.8) is 0 Å². The lowest BCUT2D eigenvalue weighted by Crippen LogP contribution is -2.48. The Morgan fingerprint density at radius 2 is 1.95 bits per heavy atom. The van der Waals surface area contributed by atoms with Crippen molar-refractivity contribution in [3.8, 4) is 0 Å². The number of aromatic nitrogens is 1. The van der Waals surface area contributed by atoms with Gasteiger partial charge in [-0.05, 0) is 29.8 Å². The van der Waals surface area contributed by atoms with Crippen LogP contribution >= 0.6 is 0 Å². The number of pyridine rings is 1. The molecule has 0 bridgehead atoms. The number of carbonyl (C=O) groups is 1. The summed E-state index contributed by atoms with van der Waals surface area (Å²) >= 11 is 0. The molecule has 3 rings (SSSR count). The van der Waals surface area contributed by atoms with Crippen LogP contribution in [0.5, 0.6) is 0 Å². The van der Waals surface area contributed by atoms with Gasteiger partial charge < -0.3 is 4.90 Å². The standard InChI is InChI=1S/C17H18FN3O/c18-16-5-1-4-15(11-16)17(22)21-9-7-20(8-10-21)13-14-3-2-6-19-12-14/h1-6,11-12H,7-10,13H2. The number of nitrogens with zero attached hydrogens (tertiary/aromatic N) is 3. The third-order valence-electron chi connectivity index (χ3n) is 3.86. The second-order valence-corrected chi connectivity index (χ2v) is 5.44. The fraction of sp³-hybridized carbons (Fsp3) is 0.294. The van der Waals surface area contributed by atoms with E-state index in [1.807, 2.05) is 12.3 Å². The number of rotatable bonds is 3. The van der Waals surface area contributed by atoms with Crippen molar-refractivity contribution in [2.24, 2.45) is 0 Å². The van der Waals surface area contributed by atoms with Gasteiger partial charge in [-0.2, -0.15) is 0 Å². The van der Waals surface area contributed by atoms with Gasteiger partial charge in [0.2, 0.25) is 0 Å². The van der Waals surface area contributed by atoms with E-state index < -0.39 is 0 Å². The summed E-state index contributed by atoms with van der Waals surface area (Å²) in [7, 11) is 0. The Morgan fingerprint density at radius 3 is 2.64 bits per heavy atom. The van der Waals surface area contributed by atoms with Crippen molar-refractivity contribution in [3.05, 3.63) is 65.7 Å². The molecule has 1 aliphatic heterocycles. The highest BCUT2D eigenvalue weighted by Crippen LogP contribution is 2.12. The summed E-state index contributed by atoms with van der Waals surface area (Å²) in [4.78, 5) is 20.5. The summed E-state index contributed by atoms with van der Waals surface area (Å²) in [5.74, 6) is -0.471. The van der Waals surface area contributed by atoms with Gasteiger partial charge in [0, 0.05) is 50.7 Å². The lowest BCUT2D eigenvalue weighted by molar-refractivity contribution is 0.0628. The molecule has 0 N–H and O–H groups in total. The van der Waals surface area contributed by atoms with Crippen molar-refractivity contribution in [1.82, 2.24) is 14.8 Å². The van der Waals surface area contributed by atoms with Crippen LogP contribution in [0.1, 0.15) is 15.9 Å². The van der Waals surface area contributed by atoms with Crippen LogP contribution in [-0.4, -0.2) is 46.9 Å². The topological polar surface area (TPSA) is 36.4 Å². The van der Waals surface area contributed by atoms with Gasteiger partial charge in [-0.3, -0.25) is 14.7 Å². The van der Waals surface area contributed by atoms with Gasteiger partial charge in [0.25, 0.3) is 5.91 Å². The van der Waals surface area contributed by atoms with Crippen LogP contribution < -0.4 is 0 Å². The van der Waals surface area contributed by atoms with Crippen LogP contribution in [0.15, 0.2) is 48.8 Å². The summed E-state index contributed by atoms with van der Waals surface area (Å²) in [6, 6.07) is 9.86. The van der Waals surface area contributed by atoms with Crippen LogP contribution in [0.25, 0.3) is 0 Å². The van der Waals surface area contributed by atoms with Crippen molar-refractivity contribution < 1.29 is 9.18 Å². The second kappa shape index (κ2) is 6.66. The predicted molar refractivity (Wildman–Crippen MR) is 81.8 cm³/mol. The lowest BCUT2D eigenvalue weighted by atomic mass is 10.1. The molecule has 0 atom stereocenters. The molecule has 22 heavy (non-hydrogen) atoms. The Hall–Kier alpha value is -2.27. The Kier molecular flexibility index (Phi) is 4.44. The van der Waals surface area contributed by atoms with Crippen LogP contribution in [0.4, 0.5) is 4.39 Å². The zero-order valence-corrected chi connectivity index (χ0v) is 12.3. The molecule has 2 heterocycles. The molecule has 1 fully saturated rings. The number of piperazine rings is 1. The number of halogens is 1. The second-order valence-electron chi connectivity index (χ2n) is 5.44. The van der Waals surface area contributed by atoms with Gasteiger partial charge in [-0.25, -0.2) is 4.39 Å². The summed E-state index contributed by atoms with van der Waals surface area (Å²) in [6.45, 7) is 3.80. The normalized spacial score (nSPS) is 15.8. The van der Waals surface area contributed by atoms with Crippen LogP contribution in [0, 0.1) is 5.82 Å². The van der Waals surface area contributed by atoms with Gasteiger partial charge in [-0.1, -0.05) is 12.1 Å². The molecule has 0 aliphatic carbocycles. The minimum absolute atomic E-state index is 0.0967. The molecule has 1 amide bonds. The van der Waals surface area contributed by atoms with E-state index in [0.29, 0.717) is 18.7 Å². The number of carbonyl (C=O) groups excluding carboxylic acids is 1. The maximum Gasteiger partial charge on any atom is 0.254 e. The Labute approximate surface area is 129 Å². The molecule has 0 saturated carbocycles. The van der Waals surface area contributed by atoms with Gasteiger partial charge in [0.1, 0.15) is 5.82 Å². The smallest absolute Gasteiger partial charge is 0.254 e. The van der Waals surface area contributed by atoms with E-state index in [0.717, 1.165) is 19.6 Å². The van der Waals surface area contributed by atoms with Crippen molar-refractivity contribution in [2.45, 2.75) is 6.54 Å². The predicted octanol–water partition coefficient (Wildman–Crippen LogP) is 2.18. The molecule has 5 heteroatoms. The fourth-order valence-electron chi connectivity index (χ4n) is 2.66. The highest BCUT2D eigenvalue weighted by molar-refractivity contribution is 5.94. The lowest BCUT2D eigenvalue weighted by Gasteiger charge is -2.34. The third-order valence-corrected chi connectivity index (χ3v) is 3.86. The van der Waals surface area contributed by atoms with E-state index in [2.05, 4.69) is 16.0 Å². The van der Waals surface area contributed by atoms with Crippen LogP contribution in [0.2, 0.25) is 0 Å². The van der Waals surface area contributed by atoms with Crippen molar-refractivity contribution in [2.75, 3.05) is 26.2 Å². The van der Waals surface area contributed by atoms with Crippen LogP contribution in [0.3, 0.4) is 0 Å². The molecule has 0 radical (unpaired) electrons. The fourth-order valence-corrected chi connectivity index (χ4v) is 2.66. The average Bonchev–Trinajstić information content (AvgIpc) is 2.56. The third kappa shape index (κ3) is 3.49. The maximum atomic E-state index is 13.2. The molecule has 1 aromatic heterocycles. The molecule has 114 valence electrons. The zero-order valence-electron chi connectivity index (χ0n) is 12.3. The molecule has 1 saturated heterocycles. The van der Waals surface area contributed by atoms with E-state index in [1.54, 1.807) is 23.2 Å². The number of amides is 1. The van der Waals surface area contributed by atoms with Crippen molar-refractivity contribution >= 4 is 5.91 Å². The van der Waals surface area contributed by atoms with E-state index in [4.69, 9.17) is 0 Å². The SMILES string of the molecule is O=C(c1cccc(F)c1)N1CCN(Cc2cccnc2)CC1. The molecule has 0 unspecified atom stereocenters. The molecule has 0 spiro atoms. The number of hydrogen-bond donors (Lipinski definition) is 0. The first-order valence-corrected chi connectivity index (χ1v) is 7.38. The zero-order chi connectivity index (χ0) is 15.4. The van der Waals surface area contributed by atoms with Gasteiger partial charge in [0.15, 0.2) is 0 Å². The summed E-state index contributed by atoms with van der Waals surface area (Å²) in [5.41, 5.74) is 1.59.